The summed E-state index contributed by atoms with van der Waals surface area (Å²) in [6, 6.07) is 13.1. The summed E-state index contributed by atoms with van der Waals surface area (Å²) in [5.74, 6) is -0.527. The number of H-pyrrole nitrogens is 1. The van der Waals surface area contributed by atoms with Gasteiger partial charge in [0.1, 0.15) is 0 Å². The zero-order valence-corrected chi connectivity index (χ0v) is 19.7. The van der Waals surface area contributed by atoms with Gasteiger partial charge in [0.05, 0.1) is 23.1 Å². The molecule has 0 radical (unpaired) electrons. The average Bonchev–Trinajstić information content (AvgIpc) is 2.83. The molecule has 0 bridgehead atoms. The molecule has 33 heavy (non-hydrogen) atoms. The van der Waals surface area contributed by atoms with Gasteiger partial charge in [-0.25, -0.2) is 13.2 Å². The number of rotatable bonds is 6. The number of pyridine rings is 1. The summed E-state index contributed by atoms with van der Waals surface area (Å²) in [6.45, 7) is 1.92. The van der Waals surface area contributed by atoms with Crippen LogP contribution in [0, 0.1) is 6.92 Å². The molecule has 174 valence electrons. The first kappa shape index (κ1) is 23.2. The van der Waals surface area contributed by atoms with Gasteiger partial charge in [-0.1, -0.05) is 37.5 Å². The fourth-order valence-corrected chi connectivity index (χ4v) is 6.17. The SMILES string of the molecule is COC(=O)c1ccc(S(=O)(=O)N(Cc2cc3cccc(C)c3[nH]c2=O)C2CCCCC2)cc1. The van der Waals surface area contributed by atoms with Crippen molar-refractivity contribution in [3.63, 3.8) is 0 Å². The van der Waals surface area contributed by atoms with E-state index in [2.05, 4.69) is 4.98 Å². The normalized spacial score (nSPS) is 15.1. The molecule has 1 saturated carbocycles. The predicted molar refractivity (Wildman–Crippen MR) is 127 cm³/mol. The van der Waals surface area contributed by atoms with Crippen molar-refractivity contribution >= 4 is 26.9 Å². The smallest absolute Gasteiger partial charge is 0.337 e. The van der Waals surface area contributed by atoms with Crippen molar-refractivity contribution in [2.75, 3.05) is 7.11 Å². The molecule has 1 heterocycles. The second-order valence-electron chi connectivity index (χ2n) is 8.52. The lowest BCUT2D eigenvalue weighted by Gasteiger charge is -2.33. The van der Waals surface area contributed by atoms with Crippen LogP contribution in [0.1, 0.15) is 53.6 Å². The fourth-order valence-electron chi connectivity index (χ4n) is 4.51. The summed E-state index contributed by atoms with van der Waals surface area (Å²) in [6.07, 6.45) is 4.48. The molecule has 4 rings (SSSR count). The van der Waals surface area contributed by atoms with Gasteiger partial charge in [0.2, 0.25) is 10.0 Å². The number of nitrogens with one attached hydrogen (secondary N) is 1. The molecule has 1 N–H and O–H groups in total. The van der Waals surface area contributed by atoms with Gasteiger partial charge in [0.25, 0.3) is 5.56 Å². The molecule has 0 aliphatic heterocycles. The zero-order chi connectivity index (χ0) is 23.6. The van der Waals surface area contributed by atoms with Crippen molar-refractivity contribution in [1.82, 2.24) is 9.29 Å². The number of hydrogen-bond acceptors (Lipinski definition) is 5. The molecule has 3 aromatic rings. The number of aryl methyl sites for hydroxylation is 1. The van der Waals surface area contributed by atoms with E-state index in [0.29, 0.717) is 5.56 Å². The number of sulfonamides is 1. The van der Waals surface area contributed by atoms with Crippen LogP contribution in [0.25, 0.3) is 10.9 Å². The predicted octanol–water partition coefficient (Wildman–Crippen LogP) is 4.15. The van der Waals surface area contributed by atoms with E-state index in [1.54, 1.807) is 6.07 Å². The van der Waals surface area contributed by atoms with Gasteiger partial charge < -0.3 is 9.72 Å². The average molecular weight is 469 g/mol. The van der Waals surface area contributed by atoms with Crippen molar-refractivity contribution in [1.29, 1.82) is 0 Å². The van der Waals surface area contributed by atoms with Gasteiger partial charge in [-0.05, 0) is 61.0 Å². The first-order chi connectivity index (χ1) is 15.8. The van der Waals surface area contributed by atoms with E-state index in [1.807, 2.05) is 25.1 Å². The third-order valence-electron chi connectivity index (χ3n) is 6.36. The number of carbonyl (C=O) groups excluding carboxylic acids is 1. The second kappa shape index (κ2) is 9.49. The molecule has 1 aromatic heterocycles. The molecule has 0 unspecified atom stereocenters. The van der Waals surface area contributed by atoms with Crippen molar-refractivity contribution < 1.29 is 17.9 Å². The Balaban J connectivity index is 1.74. The number of para-hydroxylation sites is 1. The highest BCUT2D eigenvalue weighted by Crippen LogP contribution is 2.30. The van der Waals surface area contributed by atoms with Crippen LogP contribution in [0.15, 0.2) is 58.2 Å². The van der Waals surface area contributed by atoms with Crippen LogP contribution in [0.5, 0.6) is 0 Å². The maximum absolute atomic E-state index is 13.7. The minimum absolute atomic E-state index is 0.00896. The molecule has 8 heteroatoms. The van der Waals surface area contributed by atoms with E-state index in [0.717, 1.165) is 48.6 Å². The lowest BCUT2D eigenvalue weighted by atomic mass is 9.95. The van der Waals surface area contributed by atoms with Gasteiger partial charge in [0, 0.05) is 18.2 Å². The Bertz CT molecular complexity index is 1320. The van der Waals surface area contributed by atoms with Crippen molar-refractivity contribution in [2.24, 2.45) is 0 Å². The summed E-state index contributed by atoms with van der Waals surface area (Å²) in [5.41, 5.74) is 2.12. The van der Waals surface area contributed by atoms with E-state index in [4.69, 9.17) is 4.74 Å². The molecule has 0 amide bonds. The maximum atomic E-state index is 13.7. The van der Waals surface area contributed by atoms with Crippen molar-refractivity contribution in [3.8, 4) is 0 Å². The number of ether oxygens (including phenoxy) is 1. The number of methoxy groups -OCH3 is 1. The number of carbonyl (C=O) groups is 1. The Morgan fingerprint density at radius 3 is 2.45 bits per heavy atom. The van der Waals surface area contributed by atoms with Crippen LogP contribution in [-0.2, 0) is 21.3 Å². The molecular weight excluding hydrogens is 440 g/mol. The largest absolute Gasteiger partial charge is 0.465 e. The summed E-state index contributed by atoms with van der Waals surface area (Å²) in [4.78, 5) is 27.7. The monoisotopic (exact) mass is 468 g/mol. The zero-order valence-electron chi connectivity index (χ0n) is 18.8. The van der Waals surface area contributed by atoms with E-state index in [-0.39, 0.29) is 28.6 Å². The van der Waals surface area contributed by atoms with Crippen LogP contribution in [0.4, 0.5) is 0 Å². The highest BCUT2D eigenvalue weighted by molar-refractivity contribution is 7.89. The highest BCUT2D eigenvalue weighted by Gasteiger charge is 2.33. The van der Waals surface area contributed by atoms with Crippen LogP contribution in [0.2, 0.25) is 0 Å². The fraction of sp³-hybridized carbons (Fsp3) is 0.360. The van der Waals surface area contributed by atoms with E-state index in [1.165, 1.54) is 35.7 Å². The van der Waals surface area contributed by atoms with Gasteiger partial charge in [-0.3, -0.25) is 4.79 Å². The lowest BCUT2D eigenvalue weighted by Crippen LogP contribution is -2.42. The van der Waals surface area contributed by atoms with Gasteiger partial charge in [0.15, 0.2) is 0 Å². The number of esters is 1. The standard InChI is InChI=1S/C25H28N2O5S/c1-17-7-6-8-19-15-20(24(28)26-23(17)19)16-27(21-9-4-3-5-10-21)33(30,31)22-13-11-18(12-14-22)25(29)32-2/h6-8,11-15,21H,3-5,9-10,16H2,1-2H3,(H,26,28). The first-order valence-electron chi connectivity index (χ1n) is 11.1. The topological polar surface area (TPSA) is 96.5 Å². The van der Waals surface area contributed by atoms with E-state index < -0.39 is 16.0 Å². The minimum Gasteiger partial charge on any atom is -0.465 e. The van der Waals surface area contributed by atoms with Gasteiger partial charge in [-0.2, -0.15) is 4.31 Å². The molecule has 2 aromatic carbocycles. The van der Waals surface area contributed by atoms with Crippen LogP contribution in [-0.4, -0.2) is 36.8 Å². The highest BCUT2D eigenvalue weighted by atomic mass is 32.2. The summed E-state index contributed by atoms with van der Waals surface area (Å²) < 4.78 is 33.6. The summed E-state index contributed by atoms with van der Waals surface area (Å²) in [7, 11) is -2.62. The molecule has 1 aliphatic rings. The molecule has 0 saturated heterocycles. The number of hydrogen-bond donors (Lipinski definition) is 1. The second-order valence-corrected chi connectivity index (χ2v) is 10.4. The quantitative estimate of drug-likeness (QED) is 0.548. The van der Waals surface area contributed by atoms with Crippen molar-refractivity contribution in [2.45, 2.75) is 56.5 Å². The third kappa shape index (κ3) is 4.72. The summed E-state index contributed by atoms with van der Waals surface area (Å²) in [5, 5.41) is 0.869. The Labute approximate surface area is 193 Å². The number of benzene rings is 2. The Kier molecular flexibility index (Phi) is 6.67. The lowest BCUT2D eigenvalue weighted by molar-refractivity contribution is 0.0600. The van der Waals surface area contributed by atoms with Gasteiger partial charge in [-0.15, -0.1) is 0 Å². The molecule has 1 aliphatic carbocycles. The molecular formula is C25H28N2O5S. The first-order valence-corrected chi connectivity index (χ1v) is 12.6. The Hall–Kier alpha value is -2.97. The Morgan fingerprint density at radius 2 is 1.79 bits per heavy atom. The third-order valence-corrected chi connectivity index (χ3v) is 8.27. The van der Waals surface area contributed by atoms with Crippen LogP contribution in [0.3, 0.4) is 0 Å². The van der Waals surface area contributed by atoms with Gasteiger partial charge >= 0.3 is 5.97 Å². The number of aromatic nitrogens is 1. The van der Waals surface area contributed by atoms with Crippen LogP contribution >= 0.6 is 0 Å². The number of fused-ring (bicyclic) bond motifs is 1. The number of aromatic amines is 1. The molecule has 0 atom stereocenters. The minimum atomic E-state index is -3.90. The Morgan fingerprint density at radius 1 is 1.09 bits per heavy atom. The number of nitrogens with zero attached hydrogens (tertiary/aromatic N) is 1. The van der Waals surface area contributed by atoms with Crippen LogP contribution < -0.4 is 5.56 Å². The van der Waals surface area contributed by atoms with Crippen molar-refractivity contribution in [3.05, 3.63) is 75.6 Å². The molecule has 0 spiro atoms. The molecule has 1 fully saturated rings. The maximum Gasteiger partial charge on any atom is 0.337 e. The molecule has 7 nitrogen and oxygen atoms in total. The van der Waals surface area contributed by atoms with E-state index >= 15 is 0 Å². The van der Waals surface area contributed by atoms with E-state index in [9.17, 15) is 18.0 Å². The summed E-state index contributed by atoms with van der Waals surface area (Å²) >= 11 is 0.